The molecule has 0 amide bonds. The van der Waals surface area contributed by atoms with E-state index in [9.17, 15) is 10.1 Å². The van der Waals surface area contributed by atoms with Crippen molar-refractivity contribution >= 4 is 18.4 Å². The van der Waals surface area contributed by atoms with E-state index in [1.165, 1.54) is 0 Å². The van der Waals surface area contributed by atoms with Gasteiger partial charge in [0.1, 0.15) is 6.33 Å². The molecule has 2 heterocycles. The van der Waals surface area contributed by atoms with E-state index in [0.29, 0.717) is 23.3 Å². The fraction of sp³-hybridized carbons (Fsp3) is 0.182. The van der Waals surface area contributed by atoms with Crippen molar-refractivity contribution in [3.05, 3.63) is 87.6 Å². The molecule has 0 aliphatic rings. The first-order chi connectivity index (χ1) is 14.2. The maximum atomic E-state index is 12.7. The Kier molecular flexibility index (Phi) is 5.45. The van der Waals surface area contributed by atoms with Crippen LogP contribution in [0.15, 0.2) is 59.7 Å². The zero-order chi connectivity index (χ0) is 20.2. The lowest BCUT2D eigenvalue weighted by molar-refractivity contribution is 0.825. The van der Waals surface area contributed by atoms with Crippen molar-refractivity contribution < 1.29 is 0 Å². The lowest BCUT2D eigenvalue weighted by Gasteiger charge is -2.11. The van der Waals surface area contributed by atoms with E-state index in [0.717, 1.165) is 41.0 Å². The number of thiol groups is 1. The number of H-pyrrole nitrogens is 1. The number of nitriles is 1. The van der Waals surface area contributed by atoms with Crippen LogP contribution < -0.4 is 5.56 Å². The van der Waals surface area contributed by atoms with Gasteiger partial charge in [-0.05, 0) is 41.4 Å². The van der Waals surface area contributed by atoms with Gasteiger partial charge in [-0.25, -0.2) is 0 Å². The molecule has 144 valence electrons. The summed E-state index contributed by atoms with van der Waals surface area (Å²) in [5.41, 5.74) is 5.03. The first-order valence-corrected chi connectivity index (χ1v) is 9.97. The largest absolute Gasteiger partial charge is 0.290 e. The van der Waals surface area contributed by atoms with Gasteiger partial charge < -0.3 is 0 Å². The van der Waals surface area contributed by atoms with Gasteiger partial charge in [-0.1, -0.05) is 42.5 Å². The molecule has 29 heavy (non-hydrogen) atoms. The highest BCUT2D eigenvalue weighted by atomic mass is 32.1. The Labute approximate surface area is 173 Å². The fourth-order valence-corrected chi connectivity index (χ4v) is 3.67. The summed E-state index contributed by atoms with van der Waals surface area (Å²) in [6, 6.07) is 17.7. The lowest BCUT2D eigenvalue weighted by Crippen LogP contribution is -2.20. The third kappa shape index (κ3) is 3.80. The average Bonchev–Trinajstić information content (AvgIpc) is 3.22. The number of benzene rings is 2. The number of rotatable bonds is 6. The predicted molar refractivity (Wildman–Crippen MR) is 115 cm³/mol. The highest BCUT2D eigenvalue weighted by molar-refractivity contribution is 7.80. The molecule has 0 unspecified atom stereocenters. The molecule has 0 aliphatic carbocycles. The summed E-state index contributed by atoms with van der Waals surface area (Å²) in [7, 11) is 0. The molecule has 1 N–H and O–H groups in total. The first kappa shape index (κ1) is 19.0. The fourth-order valence-electron chi connectivity index (χ4n) is 3.51. The number of aryl methyl sites for hydroxylation is 1. The maximum Gasteiger partial charge on any atom is 0.256 e. The van der Waals surface area contributed by atoms with Crippen LogP contribution in [0, 0.1) is 11.3 Å². The molecule has 0 saturated heterocycles. The zero-order valence-electron chi connectivity index (χ0n) is 15.7. The Hall–Kier alpha value is -3.37. The van der Waals surface area contributed by atoms with Crippen LogP contribution in [0.4, 0.5) is 0 Å². The summed E-state index contributed by atoms with van der Waals surface area (Å²) in [4.78, 5) is 15.5. The Bertz CT molecular complexity index is 1250. The van der Waals surface area contributed by atoms with Crippen molar-refractivity contribution in [3.63, 3.8) is 0 Å². The van der Waals surface area contributed by atoms with E-state index in [1.807, 2.05) is 52.9 Å². The molecular formula is C22H19N5OS. The summed E-state index contributed by atoms with van der Waals surface area (Å²) >= 11 is 4.30. The normalized spacial score (nSPS) is 10.9. The smallest absolute Gasteiger partial charge is 0.256 e. The molecule has 0 spiro atoms. The molecule has 0 radical (unpaired) electrons. The molecule has 0 saturated carbocycles. The van der Waals surface area contributed by atoms with Gasteiger partial charge in [0.05, 0.1) is 11.6 Å². The van der Waals surface area contributed by atoms with Gasteiger partial charge in [-0.15, -0.1) is 10.2 Å². The van der Waals surface area contributed by atoms with Crippen molar-refractivity contribution in [1.29, 1.82) is 5.26 Å². The number of aromatic nitrogens is 4. The summed E-state index contributed by atoms with van der Waals surface area (Å²) in [5, 5.41) is 17.2. The van der Waals surface area contributed by atoms with Crippen molar-refractivity contribution in [2.75, 3.05) is 5.75 Å². The lowest BCUT2D eigenvalue weighted by atomic mass is 9.97. The minimum atomic E-state index is -0.140. The Morgan fingerprint density at radius 2 is 1.93 bits per heavy atom. The number of nitrogens with zero attached hydrogens (tertiary/aromatic N) is 4. The second-order valence-corrected chi connectivity index (χ2v) is 7.21. The Balaban J connectivity index is 1.69. The quantitative estimate of drug-likeness (QED) is 0.485. The second-order valence-electron chi connectivity index (χ2n) is 6.76. The van der Waals surface area contributed by atoms with E-state index in [2.05, 4.69) is 33.9 Å². The van der Waals surface area contributed by atoms with Crippen LogP contribution in [0.5, 0.6) is 0 Å². The van der Waals surface area contributed by atoms with E-state index in [1.54, 1.807) is 6.33 Å². The number of hydrogen-bond donors (Lipinski definition) is 2. The molecule has 4 rings (SSSR count). The summed E-state index contributed by atoms with van der Waals surface area (Å²) in [5.74, 6) is 1.19. The van der Waals surface area contributed by atoms with Gasteiger partial charge in [-0.2, -0.15) is 17.9 Å². The molecule has 0 bridgehead atoms. The summed E-state index contributed by atoms with van der Waals surface area (Å²) in [6.45, 7) is 0. The van der Waals surface area contributed by atoms with Crippen LogP contribution in [-0.2, 0) is 12.8 Å². The highest BCUT2D eigenvalue weighted by Crippen LogP contribution is 2.24. The third-order valence-corrected chi connectivity index (χ3v) is 5.27. The zero-order valence-corrected chi connectivity index (χ0v) is 16.6. The van der Waals surface area contributed by atoms with Crippen LogP contribution in [-0.4, -0.2) is 25.3 Å². The summed E-state index contributed by atoms with van der Waals surface area (Å²) < 4.78 is 1.84. The first-order valence-electron chi connectivity index (χ1n) is 9.34. The van der Waals surface area contributed by atoms with Gasteiger partial charge >= 0.3 is 0 Å². The van der Waals surface area contributed by atoms with E-state index in [-0.39, 0.29) is 5.56 Å². The van der Waals surface area contributed by atoms with Gasteiger partial charge in [0.25, 0.3) is 5.56 Å². The highest BCUT2D eigenvalue weighted by Gasteiger charge is 2.14. The topological polar surface area (TPSA) is 86.8 Å². The van der Waals surface area contributed by atoms with Gasteiger partial charge in [0.15, 0.2) is 0 Å². The maximum absolute atomic E-state index is 12.7. The van der Waals surface area contributed by atoms with Gasteiger partial charge in [0, 0.05) is 17.7 Å². The number of nitrogens with one attached hydrogen (secondary N) is 1. The SMILES string of the molecule is N#Cc1ccccc1-c1ccc(Cc2c(CCCS)n3cnnc3[nH]c2=O)cc1. The standard InChI is InChI=1S/C22H19N5OS/c23-13-17-4-1-2-5-18(17)16-9-7-15(8-10-16)12-19-20(6-3-11-29)27-14-24-26-22(27)25-21(19)28/h1-2,4-5,7-10,14,29H,3,6,11-12H2,(H,25,26,28). The molecular weight excluding hydrogens is 382 g/mol. The van der Waals surface area contributed by atoms with Gasteiger partial charge in [0.2, 0.25) is 5.78 Å². The molecule has 0 aliphatic heterocycles. The minimum absolute atomic E-state index is 0.140. The van der Waals surface area contributed by atoms with E-state index in [4.69, 9.17) is 0 Å². The second kappa shape index (κ2) is 8.33. The van der Waals surface area contributed by atoms with Gasteiger partial charge in [-0.3, -0.25) is 14.2 Å². The molecule has 0 atom stereocenters. The molecule has 7 heteroatoms. The minimum Gasteiger partial charge on any atom is -0.290 e. The van der Waals surface area contributed by atoms with Crippen molar-refractivity contribution in [2.24, 2.45) is 0 Å². The Morgan fingerprint density at radius 1 is 1.14 bits per heavy atom. The van der Waals surface area contributed by atoms with E-state index < -0.39 is 0 Å². The molecule has 0 fully saturated rings. The van der Waals surface area contributed by atoms with Crippen molar-refractivity contribution in [1.82, 2.24) is 19.6 Å². The monoisotopic (exact) mass is 401 g/mol. The van der Waals surface area contributed by atoms with Crippen LogP contribution >= 0.6 is 12.6 Å². The van der Waals surface area contributed by atoms with Crippen molar-refractivity contribution in [2.45, 2.75) is 19.3 Å². The molecule has 4 aromatic rings. The van der Waals surface area contributed by atoms with Crippen molar-refractivity contribution in [3.8, 4) is 17.2 Å². The van der Waals surface area contributed by atoms with Crippen LogP contribution in [0.1, 0.15) is 28.8 Å². The number of aromatic amines is 1. The van der Waals surface area contributed by atoms with Crippen LogP contribution in [0.25, 0.3) is 16.9 Å². The third-order valence-electron chi connectivity index (χ3n) is 4.95. The number of hydrogen-bond acceptors (Lipinski definition) is 5. The summed E-state index contributed by atoms with van der Waals surface area (Å²) in [6.07, 6.45) is 3.72. The predicted octanol–water partition coefficient (Wildman–Crippen LogP) is 3.41. The van der Waals surface area contributed by atoms with Crippen LogP contribution in [0.3, 0.4) is 0 Å². The molecule has 2 aromatic heterocycles. The van der Waals surface area contributed by atoms with Crippen LogP contribution in [0.2, 0.25) is 0 Å². The average molecular weight is 401 g/mol. The molecule has 2 aromatic carbocycles. The Morgan fingerprint density at radius 3 is 2.69 bits per heavy atom. The van der Waals surface area contributed by atoms with E-state index >= 15 is 0 Å². The number of fused-ring (bicyclic) bond motifs is 1. The molecule has 6 nitrogen and oxygen atoms in total.